The van der Waals surface area contributed by atoms with Crippen LogP contribution in [0.3, 0.4) is 0 Å². The topological polar surface area (TPSA) is 92.5 Å². The number of amides is 4. The second kappa shape index (κ2) is 7.57. The Balaban J connectivity index is 2.09. The quantitative estimate of drug-likeness (QED) is 0.709. The summed E-state index contributed by atoms with van der Waals surface area (Å²) in [5, 5.41) is 2.65. The van der Waals surface area contributed by atoms with Crippen LogP contribution in [0.1, 0.15) is 20.7 Å². The lowest BCUT2D eigenvalue weighted by molar-refractivity contribution is 0.0964. The molecule has 0 aliphatic heterocycles. The predicted molar refractivity (Wildman–Crippen MR) is 95.7 cm³/mol. The van der Waals surface area contributed by atoms with Crippen LogP contribution in [0.4, 0.5) is 10.5 Å². The second-order valence-electron chi connectivity index (χ2n) is 4.61. The SMILES string of the molecule is NC(=O)c1ccc(N(S)C(=O)NC(=O)c2ccc(Cl)c(Cl)c2)cc1. The smallest absolute Gasteiger partial charge is 0.338 e. The summed E-state index contributed by atoms with van der Waals surface area (Å²) < 4.78 is 0.917. The van der Waals surface area contributed by atoms with Gasteiger partial charge in [0.05, 0.1) is 15.7 Å². The van der Waals surface area contributed by atoms with Crippen molar-refractivity contribution in [3.63, 3.8) is 0 Å². The molecular formula is C15H11Cl2N3O3S. The Morgan fingerprint density at radius 2 is 1.54 bits per heavy atom. The van der Waals surface area contributed by atoms with E-state index < -0.39 is 17.8 Å². The maximum Gasteiger partial charge on any atom is 0.338 e. The summed E-state index contributed by atoms with van der Waals surface area (Å²) >= 11 is 15.6. The van der Waals surface area contributed by atoms with Gasteiger partial charge < -0.3 is 5.73 Å². The summed E-state index contributed by atoms with van der Waals surface area (Å²) in [6.07, 6.45) is 0. The minimum Gasteiger partial charge on any atom is -0.366 e. The van der Waals surface area contributed by atoms with Gasteiger partial charge in [-0.05, 0) is 42.5 Å². The summed E-state index contributed by atoms with van der Waals surface area (Å²) in [5.41, 5.74) is 5.94. The number of thiol groups is 1. The van der Waals surface area contributed by atoms with Gasteiger partial charge in [-0.15, -0.1) is 0 Å². The molecule has 0 aliphatic carbocycles. The fourth-order valence-corrected chi connectivity index (χ4v) is 2.23. The third-order valence-electron chi connectivity index (χ3n) is 2.99. The average Bonchev–Trinajstić information content (AvgIpc) is 2.56. The van der Waals surface area contributed by atoms with Crippen molar-refractivity contribution in [1.29, 1.82) is 0 Å². The van der Waals surface area contributed by atoms with Crippen LogP contribution in [0, 0.1) is 0 Å². The molecule has 3 N–H and O–H groups in total. The Bertz CT molecular complexity index is 812. The monoisotopic (exact) mass is 383 g/mol. The van der Waals surface area contributed by atoms with Gasteiger partial charge in [0.15, 0.2) is 0 Å². The molecule has 0 fully saturated rings. The number of benzene rings is 2. The van der Waals surface area contributed by atoms with Crippen LogP contribution < -0.4 is 15.4 Å². The number of hydrogen-bond donors (Lipinski definition) is 3. The van der Waals surface area contributed by atoms with Gasteiger partial charge in [0.25, 0.3) is 5.91 Å². The summed E-state index contributed by atoms with van der Waals surface area (Å²) in [7, 11) is 0. The highest BCUT2D eigenvalue weighted by molar-refractivity contribution is 7.82. The average molecular weight is 384 g/mol. The van der Waals surface area contributed by atoms with E-state index in [1.807, 2.05) is 0 Å². The highest BCUT2D eigenvalue weighted by atomic mass is 35.5. The van der Waals surface area contributed by atoms with Crippen molar-refractivity contribution < 1.29 is 14.4 Å². The van der Waals surface area contributed by atoms with Crippen molar-refractivity contribution in [2.75, 3.05) is 4.31 Å². The summed E-state index contributed by atoms with van der Waals surface area (Å²) in [6, 6.07) is 9.26. The first kappa shape index (κ1) is 18.1. The molecule has 2 aromatic carbocycles. The molecule has 24 heavy (non-hydrogen) atoms. The lowest BCUT2D eigenvalue weighted by Gasteiger charge is -2.16. The third-order valence-corrected chi connectivity index (χ3v) is 4.14. The molecule has 0 bridgehead atoms. The lowest BCUT2D eigenvalue weighted by atomic mass is 10.2. The first-order valence-electron chi connectivity index (χ1n) is 6.49. The number of carbonyl (C=O) groups is 3. The van der Waals surface area contributed by atoms with E-state index in [1.165, 1.54) is 42.5 Å². The van der Waals surface area contributed by atoms with E-state index in [2.05, 4.69) is 18.1 Å². The van der Waals surface area contributed by atoms with Gasteiger partial charge in [0.1, 0.15) is 0 Å². The Hall–Kier alpha value is -2.22. The van der Waals surface area contributed by atoms with Gasteiger partial charge in [0, 0.05) is 11.1 Å². The second-order valence-corrected chi connectivity index (χ2v) is 5.83. The molecule has 4 amide bonds. The van der Waals surface area contributed by atoms with Crippen molar-refractivity contribution in [3.8, 4) is 0 Å². The number of anilines is 1. The summed E-state index contributed by atoms with van der Waals surface area (Å²) in [6.45, 7) is 0. The lowest BCUT2D eigenvalue weighted by Crippen LogP contribution is -2.38. The van der Waals surface area contributed by atoms with Crippen LogP contribution in [0.2, 0.25) is 10.0 Å². The summed E-state index contributed by atoms with van der Waals surface area (Å²) in [5.74, 6) is -1.25. The minimum atomic E-state index is -0.777. The van der Waals surface area contributed by atoms with Crippen molar-refractivity contribution in [3.05, 3.63) is 63.6 Å². The third kappa shape index (κ3) is 4.19. The number of nitrogens with zero attached hydrogens (tertiary/aromatic N) is 1. The van der Waals surface area contributed by atoms with Crippen molar-refractivity contribution in [1.82, 2.24) is 5.32 Å². The molecule has 0 saturated carbocycles. The van der Waals surface area contributed by atoms with E-state index in [1.54, 1.807) is 0 Å². The number of imide groups is 1. The molecule has 124 valence electrons. The number of nitrogens with two attached hydrogens (primary N) is 1. The van der Waals surface area contributed by atoms with Crippen LogP contribution in [0.25, 0.3) is 0 Å². The Morgan fingerprint density at radius 3 is 2.08 bits per heavy atom. The number of carbonyl (C=O) groups excluding carboxylic acids is 3. The molecule has 0 spiro atoms. The number of nitrogens with one attached hydrogen (secondary N) is 1. The molecule has 0 radical (unpaired) electrons. The van der Waals surface area contributed by atoms with E-state index in [-0.39, 0.29) is 16.1 Å². The molecule has 0 saturated heterocycles. The first-order valence-corrected chi connectivity index (χ1v) is 7.64. The predicted octanol–water partition coefficient (Wildman–Crippen LogP) is 3.29. The normalized spacial score (nSPS) is 10.1. The van der Waals surface area contributed by atoms with Gasteiger partial charge in [-0.25, -0.2) is 9.10 Å². The highest BCUT2D eigenvalue weighted by Gasteiger charge is 2.17. The highest BCUT2D eigenvalue weighted by Crippen LogP contribution is 2.23. The molecule has 0 heterocycles. The van der Waals surface area contributed by atoms with Crippen molar-refractivity contribution >= 4 is 59.5 Å². The van der Waals surface area contributed by atoms with Crippen molar-refractivity contribution in [2.24, 2.45) is 5.73 Å². The Labute approximate surface area is 153 Å². The van der Waals surface area contributed by atoms with Crippen LogP contribution >= 0.6 is 36.0 Å². The Morgan fingerprint density at radius 1 is 0.958 bits per heavy atom. The number of urea groups is 1. The summed E-state index contributed by atoms with van der Waals surface area (Å²) in [4.78, 5) is 35.1. The van der Waals surface area contributed by atoms with Gasteiger partial charge >= 0.3 is 6.03 Å². The molecule has 0 aromatic heterocycles. The number of rotatable bonds is 3. The molecule has 0 aliphatic rings. The fraction of sp³-hybridized carbons (Fsp3) is 0. The zero-order chi connectivity index (χ0) is 17.9. The van der Waals surface area contributed by atoms with E-state index >= 15 is 0 Å². The van der Waals surface area contributed by atoms with Gasteiger partial charge in [0.2, 0.25) is 5.91 Å². The van der Waals surface area contributed by atoms with Crippen LogP contribution in [-0.2, 0) is 0 Å². The zero-order valence-corrected chi connectivity index (χ0v) is 14.4. The molecule has 0 unspecified atom stereocenters. The number of primary amides is 1. The van der Waals surface area contributed by atoms with E-state index in [0.29, 0.717) is 10.7 Å². The Kier molecular flexibility index (Phi) is 5.71. The van der Waals surface area contributed by atoms with E-state index in [4.69, 9.17) is 28.9 Å². The van der Waals surface area contributed by atoms with Crippen LogP contribution in [0.15, 0.2) is 42.5 Å². The first-order chi connectivity index (χ1) is 11.3. The maximum atomic E-state index is 12.1. The van der Waals surface area contributed by atoms with Crippen molar-refractivity contribution in [2.45, 2.75) is 0 Å². The fourth-order valence-electron chi connectivity index (χ4n) is 1.74. The van der Waals surface area contributed by atoms with E-state index in [9.17, 15) is 14.4 Å². The molecule has 2 aromatic rings. The molecule has 0 atom stereocenters. The maximum absolute atomic E-state index is 12.1. The molecule has 9 heteroatoms. The molecule has 6 nitrogen and oxygen atoms in total. The standard InChI is InChI=1S/C15H11Cl2N3O3S/c16-11-6-3-9(7-12(11)17)14(22)19-15(23)20(24)10-4-1-8(2-5-10)13(18)21/h1-7,24H,(H2,18,21)(H,19,22,23). The van der Waals surface area contributed by atoms with Crippen LogP contribution in [-0.4, -0.2) is 17.8 Å². The van der Waals surface area contributed by atoms with Crippen LogP contribution in [0.5, 0.6) is 0 Å². The largest absolute Gasteiger partial charge is 0.366 e. The zero-order valence-electron chi connectivity index (χ0n) is 12.0. The minimum absolute atomic E-state index is 0.170. The molecule has 2 rings (SSSR count). The molecular weight excluding hydrogens is 373 g/mol. The van der Waals surface area contributed by atoms with Gasteiger partial charge in [-0.2, -0.15) is 0 Å². The number of halogens is 2. The van der Waals surface area contributed by atoms with Gasteiger partial charge in [-0.3, -0.25) is 14.9 Å². The van der Waals surface area contributed by atoms with E-state index in [0.717, 1.165) is 4.31 Å². The number of hydrogen-bond acceptors (Lipinski definition) is 4. The van der Waals surface area contributed by atoms with Gasteiger partial charge in [-0.1, -0.05) is 36.0 Å².